The van der Waals surface area contributed by atoms with E-state index in [-0.39, 0.29) is 82.4 Å². The maximum atomic E-state index is 14.9. The number of carbonyl (C=O) groups is 8. The minimum atomic E-state index is -1.26. The highest BCUT2D eigenvalue weighted by molar-refractivity contribution is 7.98. The zero-order chi connectivity index (χ0) is 48.4. The summed E-state index contributed by atoms with van der Waals surface area (Å²) in [6, 6.07) is 12.3. The second-order valence-corrected chi connectivity index (χ2v) is 17.7. The molecule has 0 spiro atoms. The third-order valence-electron chi connectivity index (χ3n) is 10.7. The molecule has 0 radical (unpaired) electrons. The Balaban J connectivity index is 2.03. The molecule has 0 aromatic heterocycles. The van der Waals surface area contributed by atoms with Crippen LogP contribution in [0.4, 0.5) is 0 Å². The number of amides is 8. The molecule has 66 heavy (non-hydrogen) atoms. The third-order valence-corrected chi connectivity index (χ3v) is 11.3. The molecule has 8 amide bonds. The van der Waals surface area contributed by atoms with Gasteiger partial charge in [-0.2, -0.15) is 11.8 Å². The van der Waals surface area contributed by atoms with Crippen molar-refractivity contribution in [3.63, 3.8) is 0 Å². The lowest BCUT2D eigenvalue weighted by Gasteiger charge is -2.30. The zero-order valence-electron chi connectivity index (χ0n) is 38.4. The summed E-state index contributed by atoms with van der Waals surface area (Å²) in [4.78, 5) is 114. The smallest absolute Gasteiger partial charge is 0.245 e. The highest BCUT2D eigenvalue weighted by Crippen LogP contribution is 2.13. The summed E-state index contributed by atoms with van der Waals surface area (Å²) >= 11 is 1.49. The molecule has 0 saturated carbocycles. The number of carbonyl (C=O) groups excluding carboxylic acids is 8. The minimum Gasteiger partial charge on any atom is -0.370 e. The Morgan fingerprint density at radius 3 is 1.95 bits per heavy atom. The Morgan fingerprint density at radius 2 is 1.36 bits per heavy atom. The highest BCUT2D eigenvalue weighted by atomic mass is 32.2. The van der Waals surface area contributed by atoms with E-state index in [1.54, 1.807) is 54.6 Å². The number of nitrogens with one attached hydrogen (secondary N) is 6. The first-order chi connectivity index (χ1) is 31.6. The van der Waals surface area contributed by atoms with Crippen LogP contribution in [0.2, 0.25) is 0 Å². The molecule has 1 saturated heterocycles. The lowest BCUT2D eigenvalue weighted by molar-refractivity contribution is -0.140. The average molecular weight is 936 g/mol. The van der Waals surface area contributed by atoms with E-state index < -0.39 is 78.1 Å². The van der Waals surface area contributed by atoms with Gasteiger partial charge < -0.3 is 54.0 Å². The topological polar surface area (TPSA) is 302 Å². The Labute approximate surface area is 391 Å². The van der Waals surface area contributed by atoms with E-state index in [0.29, 0.717) is 42.6 Å². The first kappa shape index (κ1) is 54.2. The number of benzene rings is 2. The fourth-order valence-electron chi connectivity index (χ4n) is 7.25. The molecule has 0 unspecified atom stereocenters. The molecule has 2 aromatic rings. The summed E-state index contributed by atoms with van der Waals surface area (Å²) in [5, 5.41) is 16.7. The number of hydrogen-bond acceptors (Lipinski definition) is 10. The Kier molecular flexibility index (Phi) is 24.1. The van der Waals surface area contributed by atoms with Crippen LogP contribution in [0, 0.1) is 5.92 Å². The van der Waals surface area contributed by atoms with Gasteiger partial charge in [-0.05, 0) is 74.0 Å². The van der Waals surface area contributed by atoms with Crippen molar-refractivity contribution in [3.8, 4) is 0 Å². The SMILES string of the molecule is CSCC[C@H](NC(=O)[C@H](CC(C)C)NC(=O)CN1CCCNC(=O)CCCCC(=O)N[C@@H](CCCN=C(N)N)C(=O)N[C@H](Cc2ccccc2)C(=O)N[C@@H](Cc2ccccc2)C1=O)C(N)=O. The highest BCUT2D eigenvalue weighted by Gasteiger charge is 2.34. The fraction of sp³-hybridized carbons (Fsp3) is 0.543. The number of hydrogen-bond donors (Lipinski definition) is 9. The van der Waals surface area contributed by atoms with Gasteiger partial charge in [-0.25, -0.2) is 0 Å². The van der Waals surface area contributed by atoms with Crippen LogP contribution < -0.4 is 49.1 Å². The van der Waals surface area contributed by atoms with Crippen LogP contribution in [0.15, 0.2) is 65.7 Å². The van der Waals surface area contributed by atoms with E-state index in [2.05, 4.69) is 36.9 Å². The summed E-state index contributed by atoms with van der Waals surface area (Å²) in [6.07, 6.45) is 3.98. The van der Waals surface area contributed by atoms with E-state index in [9.17, 15) is 38.4 Å². The van der Waals surface area contributed by atoms with Crippen molar-refractivity contribution < 1.29 is 38.4 Å². The average Bonchev–Trinajstić information content (AvgIpc) is 3.27. The van der Waals surface area contributed by atoms with E-state index >= 15 is 0 Å². The molecule has 5 atom stereocenters. The van der Waals surface area contributed by atoms with Gasteiger partial charge in [0.25, 0.3) is 0 Å². The van der Waals surface area contributed by atoms with Crippen molar-refractivity contribution in [1.82, 2.24) is 36.8 Å². The van der Waals surface area contributed by atoms with Gasteiger partial charge in [0, 0.05) is 45.3 Å². The summed E-state index contributed by atoms with van der Waals surface area (Å²) in [5.74, 6) is -4.25. The molecule has 0 bridgehead atoms. The molecule has 2 aromatic carbocycles. The number of nitrogens with zero attached hydrogens (tertiary/aromatic N) is 2. The molecular formula is C46H69N11O8S. The molecule has 3 rings (SSSR count). The number of guanidine groups is 1. The van der Waals surface area contributed by atoms with E-state index in [1.807, 2.05) is 26.2 Å². The number of thioether (sulfide) groups is 1. The van der Waals surface area contributed by atoms with Gasteiger partial charge in [-0.3, -0.25) is 43.3 Å². The lowest BCUT2D eigenvalue weighted by atomic mass is 10.0. The third kappa shape index (κ3) is 20.8. The van der Waals surface area contributed by atoms with Crippen molar-refractivity contribution in [3.05, 3.63) is 71.8 Å². The van der Waals surface area contributed by atoms with Gasteiger partial charge in [0.1, 0.15) is 30.2 Å². The first-order valence-corrected chi connectivity index (χ1v) is 23.9. The quantitative estimate of drug-likeness (QED) is 0.0519. The Bertz CT molecular complexity index is 1930. The van der Waals surface area contributed by atoms with E-state index in [4.69, 9.17) is 17.2 Å². The van der Waals surface area contributed by atoms with E-state index in [0.717, 1.165) is 0 Å². The number of rotatable bonds is 19. The van der Waals surface area contributed by atoms with Gasteiger partial charge in [-0.15, -0.1) is 0 Å². The van der Waals surface area contributed by atoms with Crippen LogP contribution in [0.25, 0.3) is 0 Å². The predicted octanol–water partition coefficient (Wildman–Crippen LogP) is 0.143. The second kappa shape index (κ2) is 29.4. The minimum absolute atomic E-state index is 0.00131. The molecule has 20 heteroatoms. The van der Waals surface area contributed by atoms with Crippen molar-refractivity contribution in [2.24, 2.45) is 28.1 Å². The molecule has 19 nitrogen and oxygen atoms in total. The predicted molar refractivity (Wildman–Crippen MR) is 254 cm³/mol. The van der Waals surface area contributed by atoms with Gasteiger partial charge >= 0.3 is 0 Å². The normalized spacial score (nSPS) is 19.2. The van der Waals surface area contributed by atoms with Crippen LogP contribution in [-0.4, -0.2) is 127 Å². The maximum Gasteiger partial charge on any atom is 0.245 e. The summed E-state index contributed by atoms with van der Waals surface area (Å²) in [6.45, 7) is 3.53. The van der Waals surface area contributed by atoms with Gasteiger partial charge in [0.05, 0.1) is 6.54 Å². The van der Waals surface area contributed by atoms with Gasteiger partial charge in [-0.1, -0.05) is 74.5 Å². The van der Waals surface area contributed by atoms with Crippen molar-refractivity contribution in [2.45, 2.75) is 115 Å². The van der Waals surface area contributed by atoms with Crippen molar-refractivity contribution in [1.29, 1.82) is 0 Å². The maximum absolute atomic E-state index is 14.9. The standard InChI is InChI=1S/C46H69N11O8S/c1-30(2)26-35(43(63)54-33(41(47)61)21-25-66-3)53-40(60)29-57-24-13-23-50-38(58)19-10-11-20-39(59)52-34(18-12-22-51-46(48)49)42(62)55-36(27-31-14-6-4-7-15-31)44(64)56-37(45(57)65)28-32-16-8-5-9-17-32/h4-9,14-17,30,33-37H,10-13,18-29H2,1-3H3,(H2,47,61)(H,50,58)(H,52,59)(H,53,60)(H,54,63)(H,55,62)(H,56,64)(H4,48,49,51)/t33-,34-,35-,36+,37-/m0/s1. The first-order valence-electron chi connectivity index (χ1n) is 22.5. The number of primary amides is 1. The van der Waals surface area contributed by atoms with Crippen molar-refractivity contribution >= 4 is 65.0 Å². The number of nitrogens with two attached hydrogens (primary N) is 3. The summed E-state index contributed by atoms with van der Waals surface area (Å²) < 4.78 is 0. The lowest BCUT2D eigenvalue weighted by Crippen LogP contribution is -2.59. The Hall–Kier alpha value is -6.18. The zero-order valence-corrected chi connectivity index (χ0v) is 39.2. The molecule has 0 aliphatic carbocycles. The van der Waals surface area contributed by atoms with Crippen LogP contribution in [-0.2, 0) is 51.2 Å². The molecular weight excluding hydrogens is 867 g/mol. The van der Waals surface area contributed by atoms with Crippen LogP contribution in [0.5, 0.6) is 0 Å². The van der Waals surface area contributed by atoms with Crippen LogP contribution in [0.3, 0.4) is 0 Å². The fourth-order valence-corrected chi connectivity index (χ4v) is 7.72. The molecule has 1 fully saturated rings. The molecule has 1 aliphatic rings. The Morgan fingerprint density at radius 1 is 0.773 bits per heavy atom. The van der Waals surface area contributed by atoms with Crippen molar-refractivity contribution in [2.75, 3.05) is 38.2 Å². The van der Waals surface area contributed by atoms with Crippen LogP contribution in [0.1, 0.15) is 82.8 Å². The number of aliphatic imine (C=N–C) groups is 1. The van der Waals surface area contributed by atoms with Crippen LogP contribution >= 0.6 is 11.8 Å². The second-order valence-electron chi connectivity index (χ2n) is 16.7. The van der Waals surface area contributed by atoms with E-state index in [1.165, 1.54) is 16.7 Å². The van der Waals surface area contributed by atoms with Gasteiger partial charge in [0.15, 0.2) is 5.96 Å². The summed E-state index contributed by atoms with van der Waals surface area (Å²) in [5.41, 5.74) is 18.0. The molecule has 1 aliphatic heterocycles. The monoisotopic (exact) mass is 936 g/mol. The molecule has 1 heterocycles. The molecule has 12 N–H and O–H groups in total. The van der Waals surface area contributed by atoms with Gasteiger partial charge in [0.2, 0.25) is 47.3 Å². The summed E-state index contributed by atoms with van der Waals surface area (Å²) in [7, 11) is 0. The largest absolute Gasteiger partial charge is 0.370 e. The molecule has 362 valence electrons.